The van der Waals surface area contributed by atoms with E-state index < -0.39 is 0 Å². The summed E-state index contributed by atoms with van der Waals surface area (Å²) in [5, 5.41) is 11.8. The number of rotatable bonds is 4. The van der Waals surface area contributed by atoms with Gasteiger partial charge in [-0.15, -0.1) is 5.10 Å². The monoisotopic (exact) mass is 414 g/mol. The third kappa shape index (κ3) is 3.62. The Morgan fingerprint density at radius 3 is 2.57 bits per heavy atom. The smallest absolute Gasteiger partial charge is 0.257 e. The van der Waals surface area contributed by atoms with Gasteiger partial charge in [0.1, 0.15) is 5.82 Å². The first-order valence-electron chi connectivity index (χ1n) is 8.10. The predicted octanol–water partition coefficient (Wildman–Crippen LogP) is 4.14. The summed E-state index contributed by atoms with van der Waals surface area (Å²) in [6, 6.07) is 12.4. The zero-order valence-corrected chi connectivity index (χ0v) is 16.0. The Labute approximate surface area is 168 Å². The Hall–Kier alpha value is -3.17. The van der Waals surface area contributed by atoms with Crippen LogP contribution in [0.3, 0.4) is 0 Å². The molecule has 0 aliphatic rings. The van der Waals surface area contributed by atoms with Crippen molar-refractivity contribution in [3.8, 4) is 17.2 Å². The lowest BCUT2D eigenvalue weighted by Crippen LogP contribution is -2.11. The number of aromatic nitrogens is 5. The van der Waals surface area contributed by atoms with Crippen molar-refractivity contribution in [2.24, 2.45) is 0 Å². The quantitative estimate of drug-likeness (QED) is 0.542. The molecule has 0 atom stereocenters. The molecular formula is C18H12ClFN6OS. The van der Waals surface area contributed by atoms with E-state index in [1.807, 2.05) is 6.92 Å². The number of carbonyl (C=O) groups excluding carboxylic acids is 1. The molecule has 0 radical (unpaired) electrons. The third-order valence-electron chi connectivity index (χ3n) is 3.93. The molecule has 28 heavy (non-hydrogen) atoms. The largest absolute Gasteiger partial charge is 0.297 e. The summed E-state index contributed by atoms with van der Waals surface area (Å²) in [5.74, 6) is -0.294. The van der Waals surface area contributed by atoms with Crippen LogP contribution in [0.1, 0.15) is 16.1 Å². The van der Waals surface area contributed by atoms with Crippen molar-refractivity contribution >= 4 is 34.2 Å². The molecule has 0 saturated carbocycles. The van der Waals surface area contributed by atoms with E-state index in [-0.39, 0.29) is 11.7 Å². The molecule has 0 unspecified atom stereocenters. The second kappa shape index (κ2) is 7.45. The van der Waals surface area contributed by atoms with Crippen molar-refractivity contribution in [2.45, 2.75) is 6.92 Å². The van der Waals surface area contributed by atoms with Crippen LogP contribution in [0.25, 0.3) is 17.2 Å². The van der Waals surface area contributed by atoms with Crippen LogP contribution < -0.4 is 5.32 Å². The number of amides is 1. The maximum absolute atomic E-state index is 13.1. The van der Waals surface area contributed by atoms with E-state index in [4.69, 9.17) is 11.6 Å². The number of halogens is 2. The maximum atomic E-state index is 13.1. The number of hydrogen-bond donors (Lipinski definition) is 1. The molecule has 4 rings (SSSR count). The molecule has 10 heteroatoms. The van der Waals surface area contributed by atoms with E-state index in [1.54, 1.807) is 41.1 Å². The van der Waals surface area contributed by atoms with Crippen molar-refractivity contribution in [1.82, 2.24) is 24.4 Å². The highest BCUT2D eigenvalue weighted by Gasteiger charge is 2.18. The molecule has 4 aromatic rings. The van der Waals surface area contributed by atoms with Gasteiger partial charge in [0.2, 0.25) is 5.13 Å². The highest BCUT2D eigenvalue weighted by molar-refractivity contribution is 7.10. The summed E-state index contributed by atoms with van der Waals surface area (Å²) in [5.41, 5.74) is 2.30. The van der Waals surface area contributed by atoms with Crippen LogP contribution in [-0.4, -0.2) is 30.3 Å². The minimum absolute atomic E-state index is 0.314. The highest BCUT2D eigenvalue weighted by Crippen LogP contribution is 2.24. The van der Waals surface area contributed by atoms with E-state index in [0.29, 0.717) is 38.6 Å². The first kappa shape index (κ1) is 18.2. The summed E-state index contributed by atoms with van der Waals surface area (Å²) >= 11 is 6.87. The van der Waals surface area contributed by atoms with Crippen LogP contribution in [0.15, 0.2) is 48.5 Å². The van der Waals surface area contributed by atoms with Crippen molar-refractivity contribution in [2.75, 3.05) is 5.32 Å². The van der Waals surface area contributed by atoms with E-state index in [1.165, 1.54) is 12.1 Å². The number of hydrogen-bond acceptors (Lipinski definition) is 6. The number of anilines is 1. The molecule has 0 fully saturated rings. The predicted molar refractivity (Wildman–Crippen MR) is 104 cm³/mol. The topological polar surface area (TPSA) is 85.6 Å². The van der Waals surface area contributed by atoms with Gasteiger partial charge in [0.05, 0.1) is 11.4 Å². The van der Waals surface area contributed by atoms with Crippen molar-refractivity contribution in [3.05, 3.63) is 70.6 Å². The van der Waals surface area contributed by atoms with E-state index >= 15 is 0 Å². The average molecular weight is 415 g/mol. The summed E-state index contributed by atoms with van der Waals surface area (Å²) in [6.07, 6.45) is 0. The average Bonchev–Trinajstić information content (AvgIpc) is 3.29. The Kier molecular flexibility index (Phi) is 4.84. The van der Waals surface area contributed by atoms with Crippen LogP contribution in [0.4, 0.5) is 9.52 Å². The second-order valence-corrected chi connectivity index (χ2v) is 6.98. The van der Waals surface area contributed by atoms with Crippen molar-refractivity contribution in [3.63, 3.8) is 0 Å². The fourth-order valence-electron chi connectivity index (χ4n) is 2.50. The molecule has 0 aliphatic carbocycles. The van der Waals surface area contributed by atoms with Gasteiger partial charge in [0.15, 0.2) is 11.5 Å². The van der Waals surface area contributed by atoms with Crippen LogP contribution in [0.2, 0.25) is 5.02 Å². The summed E-state index contributed by atoms with van der Waals surface area (Å²) in [6.45, 7) is 1.81. The van der Waals surface area contributed by atoms with Gasteiger partial charge in [-0.25, -0.2) is 9.07 Å². The Morgan fingerprint density at radius 2 is 1.86 bits per heavy atom. The molecule has 0 aliphatic heterocycles. The van der Waals surface area contributed by atoms with Gasteiger partial charge in [-0.05, 0) is 55.5 Å². The zero-order chi connectivity index (χ0) is 19.7. The highest BCUT2D eigenvalue weighted by atomic mass is 35.5. The molecule has 0 saturated heterocycles. The Bertz CT molecular complexity index is 1140. The number of carbonyl (C=O) groups is 1. The first-order valence-corrected chi connectivity index (χ1v) is 9.25. The lowest BCUT2D eigenvalue weighted by molar-refractivity contribution is 0.102. The van der Waals surface area contributed by atoms with E-state index in [2.05, 4.69) is 25.0 Å². The minimum atomic E-state index is -0.330. The zero-order valence-electron chi connectivity index (χ0n) is 14.4. The molecule has 2 heterocycles. The van der Waals surface area contributed by atoms with Gasteiger partial charge >= 0.3 is 0 Å². The molecule has 1 amide bonds. The third-order valence-corrected chi connectivity index (χ3v) is 4.81. The minimum Gasteiger partial charge on any atom is -0.297 e. The fourth-order valence-corrected chi connectivity index (χ4v) is 3.20. The van der Waals surface area contributed by atoms with Gasteiger partial charge in [-0.3, -0.25) is 10.1 Å². The lowest BCUT2D eigenvalue weighted by Gasteiger charge is -2.02. The summed E-state index contributed by atoms with van der Waals surface area (Å²) in [7, 11) is 0. The molecule has 2 aromatic carbocycles. The van der Waals surface area contributed by atoms with Gasteiger partial charge in [-0.1, -0.05) is 16.8 Å². The lowest BCUT2D eigenvalue weighted by atomic mass is 10.2. The Balaban J connectivity index is 1.55. The Morgan fingerprint density at radius 1 is 1.14 bits per heavy atom. The molecular weight excluding hydrogens is 403 g/mol. The summed E-state index contributed by atoms with van der Waals surface area (Å²) in [4.78, 5) is 16.6. The molecule has 1 N–H and O–H groups in total. The van der Waals surface area contributed by atoms with Crippen LogP contribution in [0.5, 0.6) is 0 Å². The number of nitrogens with zero attached hydrogens (tertiary/aromatic N) is 5. The molecule has 2 aromatic heterocycles. The normalized spacial score (nSPS) is 10.8. The molecule has 0 bridgehead atoms. The standard InChI is InChI=1S/C18H12ClFN6OS/c1-10-15(23-25-26(10)14-8-6-13(20)7-9-14)16-21-18(28-24-16)22-17(27)11-2-4-12(19)5-3-11/h2-9H,1H3,(H,21,22,24,27). The van der Waals surface area contributed by atoms with Crippen LogP contribution >= 0.6 is 23.1 Å². The van der Waals surface area contributed by atoms with Gasteiger partial charge in [0, 0.05) is 22.1 Å². The maximum Gasteiger partial charge on any atom is 0.257 e. The van der Waals surface area contributed by atoms with E-state index in [0.717, 1.165) is 11.5 Å². The molecule has 140 valence electrons. The second-order valence-electron chi connectivity index (χ2n) is 5.80. The fraction of sp³-hybridized carbons (Fsp3) is 0.0556. The number of nitrogens with one attached hydrogen (secondary N) is 1. The van der Waals surface area contributed by atoms with Crippen molar-refractivity contribution in [1.29, 1.82) is 0 Å². The van der Waals surface area contributed by atoms with Crippen LogP contribution in [0, 0.1) is 12.7 Å². The van der Waals surface area contributed by atoms with Gasteiger partial charge in [0.25, 0.3) is 5.91 Å². The van der Waals surface area contributed by atoms with Gasteiger partial charge < -0.3 is 0 Å². The number of benzene rings is 2. The first-order chi connectivity index (χ1) is 13.5. The molecule has 7 nitrogen and oxygen atoms in total. The SMILES string of the molecule is Cc1c(-c2nsc(NC(=O)c3ccc(Cl)cc3)n2)nnn1-c1ccc(F)cc1. The van der Waals surface area contributed by atoms with E-state index in [9.17, 15) is 9.18 Å². The molecule has 0 spiro atoms. The van der Waals surface area contributed by atoms with Crippen LogP contribution in [-0.2, 0) is 0 Å². The van der Waals surface area contributed by atoms with Crippen molar-refractivity contribution < 1.29 is 9.18 Å². The summed E-state index contributed by atoms with van der Waals surface area (Å²) < 4.78 is 18.9. The van der Waals surface area contributed by atoms with Gasteiger partial charge in [-0.2, -0.15) is 9.36 Å².